The van der Waals surface area contributed by atoms with Gasteiger partial charge in [0.25, 0.3) is 0 Å². The molecule has 0 radical (unpaired) electrons. The Morgan fingerprint density at radius 3 is 2.48 bits per heavy atom. The number of rotatable bonds is 4. The molecule has 2 aromatic carbocycles. The number of aromatic hydroxyl groups is 1. The van der Waals surface area contributed by atoms with Crippen LogP contribution in [0.2, 0.25) is 0 Å². The van der Waals surface area contributed by atoms with E-state index in [1.807, 2.05) is 12.1 Å². The third kappa shape index (κ3) is 4.59. The molecule has 0 spiro atoms. The standard InChI is InChI=1S/C21H27FN2O/c1-23(2)19-5-3-4-12-24(15-19)14-16-6-8-17(9-7-16)18-10-11-21(25)20(22)13-18/h6-11,13,19,25H,3-5,12,14-15H2,1-2H3/t19-/m0/s1. The molecular weight excluding hydrogens is 315 g/mol. The van der Waals surface area contributed by atoms with Crippen molar-refractivity contribution in [2.24, 2.45) is 0 Å². The minimum absolute atomic E-state index is 0.308. The number of benzene rings is 2. The summed E-state index contributed by atoms with van der Waals surface area (Å²) in [4.78, 5) is 4.87. The molecule has 0 amide bonds. The summed E-state index contributed by atoms with van der Waals surface area (Å²) in [6.07, 6.45) is 3.83. The van der Waals surface area contributed by atoms with Crippen LogP contribution in [-0.2, 0) is 6.54 Å². The fourth-order valence-electron chi connectivity index (χ4n) is 3.51. The van der Waals surface area contributed by atoms with Crippen LogP contribution in [0.3, 0.4) is 0 Å². The third-order valence-electron chi connectivity index (χ3n) is 5.10. The molecule has 4 heteroatoms. The Balaban J connectivity index is 1.68. The molecule has 0 unspecified atom stereocenters. The average molecular weight is 342 g/mol. The molecule has 1 fully saturated rings. The Bertz CT molecular complexity index is 700. The van der Waals surface area contributed by atoms with Crippen molar-refractivity contribution in [3.8, 4) is 16.9 Å². The molecule has 0 aliphatic carbocycles. The lowest BCUT2D eigenvalue weighted by molar-refractivity contribution is 0.191. The lowest BCUT2D eigenvalue weighted by Crippen LogP contribution is -2.38. The first-order chi connectivity index (χ1) is 12.0. The summed E-state index contributed by atoms with van der Waals surface area (Å²) in [6.45, 7) is 3.21. The van der Waals surface area contributed by atoms with Crippen molar-refractivity contribution in [2.75, 3.05) is 27.2 Å². The molecule has 25 heavy (non-hydrogen) atoms. The summed E-state index contributed by atoms with van der Waals surface area (Å²) in [7, 11) is 4.33. The lowest BCUT2D eigenvalue weighted by Gasteiger charge is -2.28. The highest BCUT2D eigenvalue weighted by molar-refractivity contribution is 5.64. The van der Waals surface area contributed by atoms with E-state index in [9.17, 15) is 9.50 Å². The van der Waals surface area contributed by atoms with E-state index >= 15 is 0 Å². The van der Waals surface area contributed by atoms with Crippen LogP contribution in [0, 0.1) is 5.82 Å². The van der Waals surface area contributed by atoms with Gasteiger partial charge in [-0.1, -0.05) is 36.8 Å². The van der Waals surface area contributed by atoms with Crippen LogP contribution in [0.15, 0.2) is 42.5 Å². The number of hydrogen-bond donors (Lipinski definition) is 1. The first kappa shape index (κ1) is 17.9. The van der Waals surface area contributed by atoms with E-state index < -0.39 is 5.82 Å². The number of likely N-dealkylation sites (tertiary alicyclic amines) is 1. The minimum atomic E-state index is -0.583. The number of hydrogen-bond acceptors (Lipinski definition) is 3. The number of phenols is 1. The average Bonchev–Trinajstić information content (AvgIpc) is 2.84. The molecule has 3 nitrogen and oxygen atoms in total. The van der Waals surface area contributed by atoms with Gasteiger partial charge in [-0.25, -0.2) is 4.39 Å². The minimum Gasteiger partial charge on any atom is -0.505 e. The summed E-state index contributed by atoms with van der Waals surface area (Å²) in [5, 5.41) is 9.32. The van der Waals surface area contributed by atoms with Gasteiger partial charge in [0.2, 0.25) is 0 Å². The van der Waals surface area contributed by atoms with Gasteiger partial charge in [-0.2, -0.15) is 0 Å². The molecule has 134 valence electrons. The monoisotopic (exact) mass is 342 g/mol. The van der Waals surface area contributed by atoms with Crippen molar-refractivity contribution < 1.29 is 9.50 Å². The quantitative estimate of drug-likeness (QED) is 0.906. The van der Waals surface area contributed by atoms with Crippen molar-refractivity contribution in [1.82, 2.24) is 9.80 Å². The van der Waals surface area contributed by atoms with Crippen LogP contribution in [0.25, 0.3) is 11.1 Å². The summed E-state index contributed by atoms with van der Waals surface area (Å²) >= 11 is 0. The van der Waals surface area contributed by atoms with Crippen LogP contribution >= 0.6 is 0 Å². The van der Waals surface area contributed by atoms with Crippen LogP contribution < -0.4 is 0 Å². The molecule has 1 saturated heterocycles. The molecule has 1 aliphatic heterocycles. The predicted octanol–water partition coefficient (Wildman–Crippen LogP) is 4.11. The number of likely N-dealkylation sites (N-methyl/N-ethyl adjacent to an activating group) is 1. The molecule has 3 rings (SSSR count). The summed E-state index contributed by atoms with van der Waals surface area (Å²) in [5.41, 5.74) is 3.02. The molecule has 0 saturated carbocycles. The predicted molar refractivity (Wildman–Crippen MR) is 100 cm³/mol. The molecule has 0 aromatic heterocycles. The second-order valence-electron chi connectivity index (χ2n) is 7.21. The molecule has 1 aliphatic rings. The summed E-state index contributed by atoms with van der Waals surface area (Å²) in [6, 6.07) is 13.4. The van der Waals surface area contributed by atoms with Gasteiger partial charge in [0.05, 0.1) is 0 Å². The topological polar surface area (TPSA) is 26.7 Å². The van der Waals surface area contributed by atoms with Gasteiger partial charge in [0, 0.05) is 19.1 Å². The zero-order valence-electron chi connectivity index (χ0n) is 15.1. The first-order valence-electron chi connectivity index (χ1n) is 8.99. The van der Waals surface area contributed by atoms with Crippen LogP contribution in [0.5, 0.6) is 5.75 Å². The number of halogens is 1. The van der Waals surface area contributed by atoms with E-state index in [0.29, 0.717) is 6.04 Å². The van der Waals surface area contributed by atoms with E-state index in [1.165, 1.54) is 37.0 Å². The highest BCUT2D eigenvalue weighted by Gasteiger charge is 2.19. The maximum absolute atomic E-state index is 13.5. The van der Waals surface area contributed by atoms with E-state index in [4.69, 9.17) is 0 Å². The third-order valence-corrected chi connectivity index (χ3v) is 5.10. The highest BCUT2D eigenvalue weighted by Crippen LogP contribution is 2.25. The maximum Gasteiger partial charge on any atom is 0.165 e. The van der Waals surface area contributed by atoms with Gasteiger partial charge in [0.15, 0.2) is 11.6 Å². The first-order valence-corrected chi connectivity index (χ1v) is 8.99. The van der Waals surface area contributed by atoms with E-state index in [1.54, 1.807) is 6.07 Å². The van der Waals surface area contributed by atoms with Gasteiger partial charge >= 0.3 is 0 Å². The zero-order chi connectivity index (χ0) is 17.8. The summed E-state index contributed by atoms with van der Waals surface area (Å²) in [5.74, 6) is -0.891. The van der Waals surface area contributed by atoms with Crippen LogP contribution in [0.1, 0.15) is 24.8 Å². The highest BCUT2D eigenvalue weighted by atomic mass is 19.1. The smallest absolute Gasteiger partial charge is 0.165 e. The second kappa shape index (κ2) is 7.98. The van der Waals surface area contributed by atoms with Gasteiger partial charge in [-0.15, -0.1) is 0 Å². The van der Waals surface area contributed by atoms with E-state index in [-0.39, 0.29) is 5.75 Å². The van der Waals surface area contributed by atoms with Gasteiger partial charge in [-0.05, 0) is 62.3 Å². The zero-order valence-corrected chi connectivity index (χ0v) is 15.1. The Morgan fingerprint density at radius 1 is 1.08 bits per heavy atom. The Morgan fingerprint density at radius 2 is 1.80 bits per heavy atom. The van der Waals surface area contributed by atoms with Crippen LogP contribution in [-0.4, -0.2) is 48.1 Å². The fraction of sp³-hybridized carbons (Fsp3) is 0.429. The van der Waals surface area contributed by atoms with Crippen molar-refractivity contribution in [3.63, 3.8) is 0 Å². The molecule has 1 atom stereocenters. The number of nitrogens with zero attached hydrogens (tertiary/aromatic N) is 2. The normalized spacial score (nSPS) is 19.1. The van der Waals surface area contributed by atoms with E-state index in [0.717, 1.165) is 30.8 Å². The molecule has 2 aromatic rings. The number of phenolic OH excluding ortho intramolecular Hbond substituents is 1. The van der Waals surface area contributed by atoms with Gasteiger partial charge < -0.3 is 10.0 Å². The van der Waals surface area contributed by atoms with E-state index in [2.05, 4.69) is 36.0 Å². The largest absolute Gasteiger partial charge is 0.505 e. The Hall–Kier alpha value is -1.91. The molecule has 0 bridgehead atoms. The SMILES string of the molecule is CN(C)[C@H]1CCCCN(Cc2ccc(-c3ccc(O)c(F)c3)cc2)C1. The molecule has 1 heterocycles. The maximum atomic E-state index is 13.5. The van der Waals surface area contributed by atoms with Crippen molar-refractivity contribution in [3.05, 3.63) is 53.8 Å². The Labute approximate surface area is 149 Å². The van der Waals surface area contributed by atoms with Crippen molar-refractivity contribution >= 4 is 0 Å². The fourth-order valence-corrected chi connectivity index (χ4v) is 3.51. The summed E-state index contributed by atoms with van der Waals surface area (Å²) < 4.78 is 13.5. The van der Waals surface area contributed by atoms with Crippen molar-refractivity contribution in [2.45, 2.75) is 31.8 Å². The lowest BCUT2D eigenvalue weighted by atomic mass is 10.0. The van der Waals surface area contributed by atoms with Crippen LogP contribution in [0.4, 0.5) is 4.39 Å². The second-order valence-corrected chi connectivity index (χ2v) is 7.21. The molecular formula is C21H27FN2O. The van der Waals surface area contributed by atoms with Crippen molar-refractivity contribution in [1.29, 1.82) is 0 Å². The van der Waals surface area contributed by atoms with Gasteiger partial charge in [0.1, 0.15) is 0 Å². The van der Waals surface area contributed by atoms with Gasteiger partial charge in [-0.3, -0.25) is 4.90 Å². The Kier molecular flexibility index (Phi) is 5.71. The molecule has 1 N–H and O–H groups in total.